The van der Waals surface area contributed by atoms with Crippen molar-refractivity contribution in [2.24, 2.45) is 5.73 Å². The van der Waals surface area contributed by atoms with Gasteiger partial charge in [0.1, 0.15) is 33.9 Å². The van der Waals surface area contributed by atoms with Crippen LogP contribution in [0.3, 0.4) is 0 Å². The molecular weight excluding hydrogens is 608 g/mol. The highest BCUT2D eigenvalue weighted by atomic mass is 32.1. The molecule has 43 heavy (non-hydrogen) atoms. The molecule has 3 N–H and O–H groups in total. The zero-order valence-corrected chi connectivity index (χ0v) is 25.8. The molecule has 7 rings (SSSR count). The lowest BCUT2D eigenvalue weighted by Crippen LogP contribution is -2.48. The number of allylic oxidation sites excluding steroid dienone is 1. The predicted octanol–water partition coefficient (Wildman–Crippen LogP) is 4.18. The summed E-state index contributed by atoms with van der Waals surface area (Å²) >= 11 is 8.91. The van der Waals surface area contributed by atoms with Crippen LogP contribution in [0.5, 0.6) is 0 Å². The van der Waals surface area contributed by atoms with Crippen LogP contribution >= 0.6 is 34.9 Å². The molecule has 10 nitrogen and oxygen atoms in total. The van der Waals surface area contributed by atoms with Crippen molar-refractivity contribution in [3.05, 3.63) is 51.4 Å². The summed E-state index contributed by atoms with van der Waals surface area (Å²) in [5.74, 6) is 0.0137. The number of nitrogens with one attached hydrogen (secondary N) is 1. The summed E-state index contributed by atoms with van der Waals surface area (Å²) < 4.78 is 16.2. The maximum Gasteiger partial charge on any atom is 0.271 e. The fourth-order valence-corrected chi connectivity index (χ4v) is 8.87. The molecule has 4 aromatic rings. The minimum Gasteiger partial charge on any atom is -0.375 e. The van der Waals surface area contributed by atoms with Crippen LogP contribution in [-0.4, -0.2) is 71.2 Å². The molecule has 2 fully saturated rings. The highest BCUT2D eigenvalue weighted by Gasteiger charge is 2.39. The lowest BCUT2D eigenvalue weighted by molar-refractivity contribution is -0.131. The maximum atomic E-state index is 14.8. The summed E-state index contributed by atoms with van der Waals surface area (Å²) in [6, 6.07) is 1.98. The molecule has 1 aliphatic heterocycles. The van der Waals surface area contributed by atoms with E-state index >= 15 is 0 Å². The number of aromatic nitrogens is 5. The van der Waals surface area contributed by atoms with Crippen LogP contribution in [0.25, 0.3) is 27.0 Å². The number of thiazole rings is 1. The van der Waals surface area contributed by atoms with Gasteiger partial charge in [-0.15, -0.1) is 11.3 Å². The topological polar surface area (TPSA) is 132 Å². The van der Waals surface area contributed by atoms with Crippen molar-refractivity contribution in [2.45, 2.75) is 69.7 Å². The number of hydrogen-bond acceptors (Lipinski definition) is 9. The van der Waals surface area contributed by atoms with Crippen LogP contribution in [0.4, 0.5) is 4.39 Å². The van der Waals surface area contributed by atoms with Gasteiger partial charge in [0, 0.05) is 40.2 Å². The van der Waals surface area contributed by atoms with Crippen LogP contribution in [0, 0.1) is 6.92 Å². The second-order valence-corrected chi connectivity index (χ2v) is 13.9. The van der Waals surface area contributed by atoms with Crippen molar-refractivity contribution in [3.8, 4) is 10.6 Å². The van der Waals surface area contributed by atoms with E-state index in [1.165, 1.54) is 36.2 Å². The molecular formula is C29H29FN8O2S3. The standard InChI is InChI=1S/C29H29FN8O2S3/c1-14-32-10-17(11-33-14)28-35-25-24(26(31)40)36-38(29(25)43-28)13-23(39)37-12-18(30)9-20(37)27(41)34-19-6-5-16(7-19)22-8-15-3-2-4-21(15)42-22/h2,4,8,10-11,16,18-20H,3,5-7,9,12-13H2,1H3,(H2,31,40)(H,34,41)/t16?,18-,19?,20+/m1/s1. The van der Waals surface area contributed by atoms with Crippen LogP contribution in [0.15, 0.2) is 24.5 Å². The molecule has 0 bridgehead atoms. The first kappa shape index (κ1) is 28.2. The number of thiocarbonyl (C=S) groups is 1. The van der Waals surface area contributed by atoms with Crippen LogP contribution in [-0.2, 0) is 17.8 Å². The Labute approximate surface area is 260 Å². The summed E-state index contributed by atoms with van der Waals surface area (Å²) in [6.07, 6.45) is 10.7. The van der Waals surface area contributed by atoms with Gasteiger partial charge in [-0.2, -0.15) is 5.10 Å². The van der Waals surface area contributed by atoms with E-state index < -0.39 is 18.1 Å². The third kappa shape index (κ3) is 5.36. The number of halogens is 1. The number of carbonyl (C=O) groups excluding carboxylic acids is 2. The Kier molecular flexibility index (Phi) is 7.30. The number of primary amides is 1. The first-order chi connectivity index (χ1) is 20.7. The zero-order valence-electron chi connectivity index (χ0n) is 23.3. The van der Waals surface area contributed by atoms with Gasteiger partial charge >= 0.3 is 0 Å². The molecule has 4 atom stereocenters. The molecule has 2 aliphatic carbocycles. The molecule has 14 heteroatoms. The second kappa shape index (κ2) is 11.1. The number of aryl methyl sites for hydroxylation is 1. The Hall–Kier alpha value is -3.62. The predicted molar refractivity (Wildman–Crippen MR) is 168 cm³/mol. The first-order valence-corrected chi connectivity index (χ1v) is 16.3. The number of alkyl halides is 1. The van der Waals surface area contributed by atoms with Gasteiger partial charge in [0.25, 0.3) is 5.91 Å². The molecule has 0 aromatic carbocycles. The largest absolute Gasteiger partial charge is 0.375 e. The summed E-state index contributed by atoms with van der Waals surface area (Å²) in [7, 11) is 0. The summed E-state index contributed by atoms with van der Waals surface area (Å²) in [5.41, 5.74) is 7.95. The lowest BCUT2D eigenvalue weighted by atomic mass is 10.0. The summed E-state index contributed by atoms with van der Waals surface area (Å²) in [6.45, 7) is 1.53. The van der Waals surface area contributed by atoms with Crippen LogP contribution in [0.1, 0.15) is 63.2 Å². The highest BCUT2D eigenvalue weighted by Crippen LogP contribution is 2.41. The Morgan fingerprint density at radius 2 is 2.02 bits per heavy atom. The number of nitrogens with zero attached hydrogens (tertiary/aromatic N) is 6. The van der Waals surface area contributed by atoms with E-state index in [1.807, 2.05) is 11.3 Å². The average Bonchev–Trinajstić information content (AvgIpc) is 3.79. The number of fused-ring (bicyclic) bond motifs is 2. The van der Waals surface area contributed by atoms with Crippen molar-refractivity contribution in [1.82, 2.24) is 34.9 Å². The number of hydrogen-bond donors (Lipinski definition) is 2. The van der Waals surface area contributed by atoms with E-state index in [9.17, 15) is 14.0 Å². The molecule has 3 aliphatic rings. The molecule has 1 saturated carbocycles. The minimum absolute atomic E-state index is 0.0281. The number of thiophene rings is 1. The van der Waals surface area contributed by atoms with E-state index in [0.717, 1.165) is 25.7 Å². The summed E-state index contributed by atoms with van der Waals surface area (Å²) in [5, 5.41) is 8.35. The molecule has 1 saturated heterocycles. The monoisotopic (exact) mass is 636 g/mol. The Bertz CT molecular complexity index is 1780. The normalized spacial score (nSPS) is 22.9. The molecule has 4 aromatic heterocycles. The van der Waals surface area contributed by atoms with E-state index in [2.05, 4.69) is 43.6 Å². The van der Waals surface area contributed by atoms with Crippen molar-refractivity contribution in [2.75, 3.05) is 6.54 Å². The van der Waals surface area contributed by atoms with Crippen LogP contribution in [0.2, 0.25) is 0 Å². The molecule has 0 radical (unpaired) electrons. The second-order valence-electron chi connectivity index (χ2n) is 11.3. The average molecular weight is 637 g/mol. The van der Waals surface area contributed by atoms with E-state index in [-0.39, 0.29) is 37.2 Å². The molecule has 0 spiro atoms. The van der Waals surface area contributed by atoms with Crippen molar-refractivity contribution >= 4 is 68.1 Å². The third-order valence-corrected chi connectivity index (χ3v) is 11.2. The zero-order chi connectivity index (χ0) is 29.8. The molecule has 2 amide bonds. The third-order valence-electron chi connectivity index (χ3n) is 8.36. The first-order valence-electron chi connectivity index (χ1n) is 14.2. The fraction of sp³-hybridized carbons (Fsp3) is 0.414. The summed E-state index contributed by atoms with van der Waals surface area (Å²) in [4.78, 5) is 44.1. The van der Waals surface area contributed by atoms with Crippen molar-refractivity contribution in [1.29, 1.82) is 0 Å². The Balaban J connectivity index is 1.06. The van der Waals surface area contributed by atoms with Gasteiger partial charge in [-0.3, -0.25) is 9.59 Å². The smallest absolute Gasteiger partial charge is 0.271 e. The van der Waals surface area contributed by atoms with Gasteiger partial charge in [-0.1, -0.05) is 29.6 Å². The lowest BCUT2D eigenvalue weighted by Gasteiger charge is -2.27. The van der Waals surface area contributed by atoms with E-state index in [0.29, 0.717) is 37.6 Å². The van der Waals surface area contributed by atoms with Gasteiger partial charge < -0.3 is 16.0 Å². The number of carbonyl (C=O) groups is 2. The van der Waals surface area contributed by atoms with Crippen molar-refractivity contribution < 1.29 is 14.0 Å². The molecule has 222 valence electrons. The number of amides is 2. The molecule has 5 heterocycles. The van der Waals surface area contributed by atoms with Gasteiger partial charge in [-0.25, -0.2) is 24.0 Å². The number of likely N-dealkylation sites (tertiary alicyclic amines) is 1. The van der Waals surface area contributed by atoms with Gasteiger partial charge in [-0.05, 0) is 56.2 Å². The number of nitrogens with two attached hydrogens (primary N) is 1. The highest BCUT2D eigenvalue weighted by molar-refractivity contribution is 7.80. The van der Waals surface area contributed by atoms with Crippen molar-refractivity contribution in [3.63, 3.8) is 0 Å². The Morgan fingerprint density at radius 1 is 1.21 bits per heavy atom. The SMILES string of the molecule is Cc1ncc(-c2nc3c(C(N)=O)nn(CC(=O)N4C[C@H](F)C[C@H]4C(=S)NC4CCC(c5cc6c(s5)C=CC6)C4)c3s2)cn1. The maximum absolute atomic E-state index is 14.8. The quantitative estimate of drug-likeness (QED) is 0.289. The minimum atomic E-state index is -1.18. The Morgan fingerprint density at radius 3 is 2.79 bits per heavy atom. The van der Waals surface area contributed by atoms with E-state index in [1.54, 1.807) is 19.3 Å². The fourth-order valence-electron chi connectivity index (χ4n) is 6.21. The van der Waals surface area contributed by atoms with E-state index in [4.69, 9.17) is 18.0 Å². The van der Waals surface area contributed by atoms with Gasteiger partial charge in [0.2, 0.25) is 5.91 Å². The number of rotatable bonds is 7. The van der Waals surface area contributed by atoms with Crippen LogP contribution < -0.4 is 11.1 Å². The molecule has 2 unspecified atom stereocenters. The van der Waals surface area contributed by atoms with Gasteiger partial charge in [0.05, 0.1) is 17.6 Å². The van der Waals surface area contributed by atoms with Gasteiger partial charge in [0.15, 0.2) is 5.69 Å².